The number of hydrogen-bond acceptors (Lipinski definition) is 4. The monoisotopic (exact) mass is 302 g/mol. The lowest BCUT2D eigenvalue weighted by Gasteiger charge is -2.43. The second kappa shape index (κ2) is 6.09. The van der Waals surface area contributed by atoms with Gasteiger partial charge in [0.25, 0.3) is 0 Å². The van der Waals surface area contributed by atoms with Crippen molar-refractivity contribution >= 4 is 11.4 Å². The molecule has 0 aliphatic carbocycles. The molecule has 22 heavy (non-hydrogen) atoms. The number of fused-ring (bicyclic) bond motifs is 1. The third-order valence-corrected chi connectivity index (χ3v) is 5.15. The second-order valence-electron chi connectivity index (χ2n) is 7.32. The van der Waals surface area contributed by atoms with Crippen molar-refractivity contribution < 1.29 is 0 Å². The van der Waals surface area contributed by atoms with Crippen molar-refractivity contribution in [2.75, 3.05) is 63.8 Å². The van der Waals surface area contributed by atoms with E-state index in [1.165, 1.54) is 16.9 Å². The smallest absolute Gasteiger partial charge is 0.0706 e. The SMILES string of the molecule is CC(C)[C@@H]1c2cc(N3CCN(C)CC3)ccc2N(C)CN1C. The average Bonchev–Trinajstić information content (AvgIpc) is 2.47. The van der Waals surface area contributed by atoms with Gasteiger partial charge in [0.15, 0.2) is 0 Å². The molecular weight excluding hydrogens is 272 g/mol. The van der Waals surface area contributed by atoms with E-state index in [1.807, 2.05) is 0 Å². The van der Waals surface area contributed by atoms with Gasteiger partial charge in [-0.1, -0.05) is 13.8 Å². The van der Waals surface area contributed by atoms with E-state index >= 15 is 0 Å². The largest absolute Gasteiger partial charge is 0.369 e. The molecule has 1 fully saturated rings. The van der Waals surface area contributed by atoms with Crippen LogP contribution in [-0.2, 0) is 0 Å². The highest BCUT2D eigenvalue weighted by atomic mass is 15.3. The van der Waals surface area contributed by atoms with Gasteiger partial charge >= 0.3 is 0 Å². The van der Waals surface area contributed by atoms with Crippen LogP contribution >= 0.6 is 0 Å². The molecule has 0 spiro atoms. The summed E-state index contributed by atoms with van der Waals surface area (Å²) in [6, 6.07) is 7.59. The van der Waals surface area contributed by atoms with E-state index in [9.17, 15) is 0 Å². The van der Waals surface area contributed by atoms with E-state index in [1.54, 1.807) is 0 Å². The van der Waals surface area contributed by atoms with Crippen LogP contribution < -0.4 is 9.80 Å². The van der Waals surface area contributed by atoms with Crippen LogP contribution in [0.2, 0.25) is 0 Å². The molecule has 2 aliphatic rings. The molecule has 0 N–H and O–H groups in total. The molecule has 4 nitrogen and oxygen atoms in total. The van der Waals surface area contributed by atoms with Crippen LogP contribution in [0.25, 0.3) is 0 Å². The molecule has 122 valence electrons. The average molecular weight is 302 g/mol. The highest BCUT2D eigenvalue weighted by molar-refractivity contribution is 5.64. The first kappa shape index (κ1) is 15.6. The fraction of sp³-hybridized carbons (Fsp3) is 0.667. The lowest BCUT2D eigenvalue weighted by atomic mass is 9.91. The van der Waals surface area contributed by atoms with Crippen molar-refractivity contribution in [2.45, 2.75) is 19.9 Å². The summed E-state index contributed by atoms with van der Waals surface area (Å²) < 4.78 is 0. The van der Waals surface area contributed by atoms with Crippen LogP contribution in [0.1, 0.15) is 25.5 Å². The van der Waals surface area contributed by atoms with Crippen LogP contribution in [0.5, 0.6) is 0 Å². The first-order valence-electron chi connectivity index (χ1n) is 8.46. The number of piperazine rings is 1. The molecule has 0 unspecified atom stereocenters. The van der Waals surface area contributed by atoms with E-state index in [0.29, 0.717) is 12.0 Å². The van der Waals surface area contributed by atoms with Crippen molar-refractivity contribution in [3.63, 3.8) is 0 Å². The molecule has 1 aromatic carbocycles. The van der Waals surface area contributed by atoms with E-state index in [-0.39, 0.29) is 0 Å². The number of anilines is 2. The molecule has 1 atom stereocenters. The molecule has 0 saturated carbocycles. The molecule has 0 radical (unpaired) electrons. The fourth-order valence-corrected chi connectivity index (χ4v) is 3.99. The Hall–Kier alpha value is -1.26. The summed E-state index contributed by atoms with van der Waals surface area (Å²) in [6.45, 7) is 10.2. The van der Waals surface area contributed by atoms with Gasteiger partial charge in [-0.3, -0.25) is 4.90 Å². The molecule has 2 heterocycles. The molecule has 0 bridgehead atoms. The first-order valence-corrected chi connectivity index (χ1v) is 8.46. The van der Waals surface area contributed by atoms with Crippen LogP contribution in [0.15, 0.2) is 18.2 Å². The Morgan fingerprint density at radius 3 is 2.32 bits per heavy atom. The number of benzene rings is 1. The van der Waals surface area contributed by atoms with Gasteiger partial charge in [-0.05, 0) is 43.8 Å². The quantitative estimate of drug-likeness (QED) is 0.832. The van der Waals surface area contributed by atoms with E-state index < -0.39 is 0 Å². The minimum Gasteiger partial charge on any atom is -0.369 e. The van der Waals surface area contributed by atoms with Gasteiger partial charge in [0, 0.05) is 50.6 Å². The number of likely N-dealkylation sites (N-methyl/N-ethyl adjacent to an activating group) is 1. The van der Waals surface area contributed by atoms with Crippen LogP contribution in [-0.4, -0.2) is 63.8 Å². The van der Waals surface area contributed by atoms with Gasteiger partial charge in [-0.2, -0.15) is 0 Å². The van der Waals surface area contributed by atoms with Crippen molar-refractivity contribution in [1.29, 1.82) is 0 Å². The summed E-state index contributed by atoms with van der Waals surface area (Å²) in [5, 5.41) is 0. The third-order valence-electron chi connectivity index (χ3n) is 5.15. The van der Waals surface area contributed by atoms with Crippen molar-refractivity contribution in [2.24, 2.45) is 5.92 Å². The molecule has 0 amide bonds. The van der Waals surface area contributed by atoms with Gasteiger partial charge in [-0.25, -0.2) is 0 Å². The Morgan fingerprint density at radius 2 is 1.68 bits per heavy atom. The van der Waals surface area contributed by atoms with Crippen molar-refractivity contribution in [1.82, 2.24) is 9.80 Å². The zero-order valence-electron chi connectivity index (χ0n) is 14.7. The van der Waals surface area contributed by atoms with Crippen LogP contribution in [0, 0.1) is 5.92 Å². The number of nitrogens with zero attached hydrogens (tertiary/aromatic N) is 4. The Labute approximate surface area is 135 Å². The third kappa shape index (κ3) is 2.82. The highest BCUT2D eigenvalue weighted by Crippen LogP contribution is 2.40. The van der Waals surface area contributed by atoms with Gasteiger partial charge < -0.3 is 14.7 Å². The summed E-state index contributed by atoms with van der Waals surface area (Å²) in [6.07, 6.45) is 0. The summed E-state index contributed by atoms with van der Waals surface area (Å²) in [5.74, 6) is 0.625. The van der Waals surface area contributed by atoms with Gasteiger partial charge in [0.05, 0.1) is 6.67 Å². The van der Waals surface area contributed by atoms with E-state index in [4.69, 9.17) is 0 Å². The predicted octanol–water partition coefficient (Wildman–Crippen LogP) is 2.47. The normalized spacial score (nSPS) is 24.0. The maximum atomic E-state index is 2.53. The molecule has 1 aromatic rings. The standard InChI is InChI=1S/C18H30N4/c1-14(2)18-16-12-15(22-10-8-19(3)9-11-22)6-7-17(16)20(4)13-21(18)5/h6-7,12,14,18H,8-11,13H2,1-5H3/t18-/m1/s1. The van der Waals surface area contributed by atoms with Crippen molar-refractivity contribution in [3.8, 4) is 0 Å². The summed E-state index contributed by atoms with van der Waals surface area (Å²) in [5.41, 5.74) is 4.28. The number of rotatable bonds is 2. The molecule has 1 saturated heterocycles. The molecule has 2 aliphatic heterocycles. The zero-order chi connectivity index (χ0) is 15.9. The molecule has 0 aromatic heterocycles. The summed E-state index contributed by atoms with van der Waals surface area (Å²) >= 11 is 0. The minimum atomic E-state index is 0.513. The first-order chi connectivity index (χ1) is 10.5. The molecular formula is C18H30N4. The Morgan fingerprint density at radius 1 is 1.00 bits per heavy atom. The van der Waals surface area contributed by atoms with Gasteiger partial charge in [0.1, 0.15) is 0 Å². The van der Waals surface area contributed by atoms with Crippen LogP contribution in [0.3, 0.4) is 0 Å². The Balaban J connectivity index is 1.93. The zero-order valence-corrected chi connectivity index (χ0v) is 14.7. The van der Waals surface area contributed by atoms with Crippen molar-refractivity contribution in [3.05, 3.63) is 23.8 Å². The lowest BCUT2D eigenvalue weighted by Crippen LogP contribution is -2.45. The second-order valence-corrected chi connectivity index (χ2v) is 7.32. The lowest BCUT2D eigenvalue weighted by molar-refractivity contribution is 0.185. The van der Waals surface area contributed by atoms with Gasteiger partial charge in [-0.15, -0.1) is 0 Å². The van der Waals surface area contributed by atoms with E-state index in [0.717, 1.165) is 32.8 Å². The van der Waals surface area contributed by atoms with E-state index in [2.05, 4.69) is 72.8 Å². The molecule has 3 rings (SSSR count). The fourth-order valence-electron chi connectivity index (χ4n) is 3.99. The maximum Gasteiger partial charge on any atom is 0.0706 e. The van der Waals surface area contributed by atoms with Gasteiger partial charge in [0.2, 0.25) is 0 Å². The summed E-state index contributed by atoms with van der Waals surface area (Å²) in [4.78, 5) is 9.78. The summed E-state index contributed by atoms with van der Waals surface area (Å²) in [7, 11) is 6.65. The maximum absolute atomic E-state index is 2.53. The Kier molecular flexibility index (Phi) is 4.33. The van der Waals surface area contributed by atoms with Crippen LogP contribution in [0.4, 0.5) is 11.4 Å². The minimum absolute atomic E-state index is 0.513. The topological polar surface area (TPSA) is 13.0 Å². The number of hydrogen-bond donors (Lipinski definition) is 0. The molecule has 4 heteroatoms. The Bertz CT molecular complexity index is 520. The predicted molar refractivity (Wildman–Crippen MR) is 94.8 cm³/mol. The highest BCUT2D eigenvalue weighted by Gasteiger charge is 2.30.